The molecule has 6 aromatic rings. The lowest BCUT2D eigenvalue weighted by Gasteiger charge is -2.17. The molecule has 1 N–H and O–H groups in total. The van der Waals surface area contributed by atoms with E-state index >= 15 is 0 Å². The molecule has 0 aliphatic heterocycles. The van der Waals surface area contributed by atoms with E-state index in [0.29, 0.717) is 19.8 Å². The van der Waals surface area contributed by atoms with Gasteiger partial charge >= 0.3 is 0 Å². The third kappa shape index (κ3) is 6.91. The highest BCUT2D eigenvalue weighted by atomic mass is 16.5. The molecule has 1 heterocycles. The van der Waals surface area contributed by atoms with Crippen molar-refractivity contribution in [3.05, 3.63) is 150 Å². The second-order valence-corrected chi connectivity index (χ2v) is 10.6. The van der Waals surface area contributed by atoms with E-state index in [0.717, 1.165) is 56.1 Å². The Balaban J connectivity index is 1.28. The Morgan fingerprint density at radius 3 is 1.77 bits per heavy atom. The van der Waals surface area contributed by atoms with Crippen molar-refractivity contribution in [3.63, 3.8) is 0 Å². The third-order valence-electron chi connectivity index (χ3n) is 7.49. The van der Waals surface area contributed by atoms with Crippen LogP contribution in [-0.2, 0) is 19.8 Å². The molecule has 1 aromatic heterocycles. The molecule has 5 aromatic carbocycles. The van der Waals surface area contributed by atoms with E-state index in [4.69, 9.17) is 14.2 Å². The molecular formula is C38H35NO4. The fourth-order valence-corrected chi connectivity index (χ4v) is 5.32. The van der Waals surface area contributed by atoms with Gasteiger partial charge in [-0.15, -0.1) is 0 Å². The van der Waals surface area contributed by atoms with Gasteiger partial charge in [0.15, 0.2) is 0 Å². The van der Waals surface area contributed by atoms with Crippen LogP contribution in [0.5, 0.6) is 17.2 Å². The molecule has 0 radical (unpaired) electrons. The number of hydrogen-bond donors (Lipinski definition) is 1. The highest BCUT2D eigenvalue weighted by Gasteiger charge is 2.19. The number of fused-ring (bicyclic) bond motifs is 1. The van der Waals surface area contributed by atoms with E-state index in [1.165, 1.54) is 0 Å². The molecule has 0 aliphatic carbocycles. The van der Waals surface area contributed by atoms with Gasteiger partial charge in [-0.05, 0) is 83.8 Å². The number of aryl methyl sites for hydroxylation is 1. The Labute approximate surface area is 252 Å². The van der Waals surface area contributed by atoms with Crippen molar-refractivity contribution in [1.82, 2.24) is 4.57 Å². The molecule has 0 aliphatic rings. The molecule has 0 saturated carbocycles. The zero-order valence-electron chi connectivity index (χ0n) is 24.2. The Kier molecular flexibility index (Phi) is 8.72. The number of aliphatic hydroxyl groups is 1. The second-order valence-electron chi connectivity index (χ2n) is 10.6. The summed E-state index contributed by atoms with van der Waals surface area (Å²) in [5, 5.41) is 12.2. The van der Waals surface area contributed by atoms with Crippen LogP contribution in [0.15, 0.2) is 133 Å². The van der Waals surface area contributed by atoms with E-state index in [1.54, 1.807) is 0 Å². The second kappa shape index (κ2) is 13.3. The summed E-state index contributed by atoms with van der Waals surface area (Å²) in [6, 6.07) is 44.2. The van der Waals surface area contributed by atoms with Crippen molar-refractivity contribution in [2.24, 2.45) is 0 Å². The zero-order chi connectivity index (χ0) is 29.4. The lowest BCUT2D eigenvalue weighted by Crippen LogP contribution is -2.24. The average molecular weight is 570 g/mol. The van der Waals surface area contributed by atoms with Crippen molar-refractivity contribution in [1.29, 1.82) is 0 Å². The Morgan fingerprint density at radius 2 is 1.14 bits per heavy atom. The van der Waals surface area contributed by atoms with Crippen molar-refractivity contribution in [2.45, 2.75) is 32.8 Å². The van der Waals surface area contributed by atoms with Crippen LogP contribution in [0.4, 0.5) is 0 Å². The molecule has 0 spiro atoms. The maximum atomic E-state index is 11.1. The molecule has 1 atom stereocenters. The van der Waals surface area contributed by atoms with E-state index in [2.05, 4.69) is 60.0 Å². The Bertz CT molecular complexity index is 1750. The van der Waals surface area contributed by atoms with Gasteiger partial charge in [-0.2, -0.15) is 0 Å². The molecule has 0 fully saturated rings. The molecule has 1 unspecified atom stereocenters. The molecule has 43 heavy (non-hydrogen) atoms. The van der Waals surface area contributed by atoms with Gasteiger partial charge in [-0.1, -0.05) is 78.9 Å². The first-order chi connectivity index (χ1) is 21.1. The Hall–Kier alpha value is -5.00. The highest BCUT2D eigenvalue weighted by Crippen LogP contribution is 2.36. The molecule has 0 saturated heterocycles. The Morgan fingerprint density at radius 1 is 0.605 bits per heavy atom. The minimum atomic E-state index is -0.712. The highest BCUT2D eigenvalue weighted by molar-refractivity contribution is 5.92. The zero-order valence-corrected chi connectivity index (χ0v) is 24.2. The maximum absolute atomic E-state index is 11.1. The lowest BCUT2D eigenvalue weighted by molar-refractivity contribution is 0.0939. The standard InChI is InChI=1S/C38H35NO4/c1-28-36-23-35(42-26-30-13-7-3-8-14-30)21-22-37(36)39(24-32(40)27-43-33-15-9-4-10-16-33)38(28)31-17-19-34(20-18-31)41-25-29-11-5-2-6-12-29/h2-23,32,40H,24-27H2,1H3. The smallest absolute Gasteiger partial charge is 0.120 e. The van der Waals surface area contributed by atoms with Crippen LogP contribution in [0.2, 0.25) is 0 Å². The minimum Gasteiger partial charge on any atom is -0.491 e. The summed E-state index contributed by atoms with van der Waals surface area (Å²) in [6.07, 6.45) is -0.712. The van der Waals surface area contributed by atoms with Gasteiger partial charge in [-0.3, -0.25) is 0 Å². The number of aliphatic hydroxyl groups excluding tert-OH is 1. The summed E-state index contributed by atoms with van der Waals surface area (Å²) < 4.78 is 20.3. The first-order valence-corrected chi connectivity index (χ1v) is 14.6. The number of rotatable bonds is 12. The fourth-order valence-electron chi connectivity index (χ4n) is 5.32. The number of hydrogen-bond acceptors (Lipinski definition) is 4. The number of para-hydroxylation sites is 1. The van der Waals surface area contributed by atoms with Crippen molar-refractivity contribution < 1.29 is 19.3 Å². The summed E-state index contributed by atoms with van der Waals surface area (Å²) in [4.78, 5) is 0. The molecule has 0 bridgehead atoms. The lowest BCUT2D eigenvalue weighted by atomic mass is 10.1. The molecular weight excluding hydrogens is 534 g/mol. The molecule has 6 rings (SSSR count). The van der Waals surface area contributed by atoms with Gasteiger partial charge in [0.05, 0.1) is 12.2 Å². The van der Waals surface area contributed by atoms with Crippen LogP contribution in [-0.4, -0.2) is 22.4 Å². The van der Waals surface area contributed by atoms with Crippen molar-refractivity contribution in [3.8, 4) is 28.5 Å². The predicted molar refractivity (Wildman–Crippen MR) is 172 cm³/mol. The van der Waals surface area contributed by atoms with E-state index in [1.807, 2.05) is 84.9 Å². The quantitative estimate of drug-likeness (QED) is 0.161. The first-order valence-electron chi connectivity index (χ1n) is 14.6. The van der Waals surface area contributed by atoms with Gasteiger partial charge in [-0.25, -0.2) is 0 Å². The molecule has 5 nitrogen and oxygen atoms in total. The SMILES string of the molecule is Cc1c(-c2ccc(OCc3ccccc3)cc2)n(CC(O)COc2ccccc2)c2ccc(OCc3ccccc3)cc12. The predicted octanol–water partition coefficient (Wildman–Crippen LogP) is 8.21. The van der Waals surface area contributed by atoms with E-state index in [-0.39, 0.29) is 6.61 Å². The van der Waals surface area contributed by atoms with Crippen LogP contribution >= 0.6 is 0 Å². The monoisotopic (exact) mass is 569 g/mol. The largest absolute Gasteiger partial charge is 0.491 e. The number of benzene rings is 5. The number of aromatic nitrogens is 1. The third-order valence-corrected chi connectivity index (χ3v) is 7.49. The summed E-state index contributed by atoms with van der Waals surface area (Å²) in [5.74, 6) is 2.35. The van der Waals surface area contributed by atoms with Crippen LogP contribution in [0.1, 0.15) is 16.7 Å². The van der Waals surface area contributed by atoms with Crippen molar-refractivity contribution in [2.75, 3.05) is 6.61 Å². The topological polar surface area (TPSA) is 52.9 Å². The van der Waals surface area contributed by atoms with Crippen LogP contribution in [0, 0.1) is 6.92 Å². The summed E-state index contributed by atoms with van der Waals surface area (Å²) in [7, 11) is 0. The summed E-state index contributed by atoms with van der Waals surface area (Å²) in [5.41, 5.74) is 6.48. The van der Waals surface area contributed by atoms with Gasteiger partial charge in [0.25, 0.3) is 0 Å². The average Bonchev–Trinajstić information content (AvgIpc) is 3.33. The van der Waals surface area contributed by atoms with Gasteiger partial charge in [0.1, 0.15) is 43.2 Å². The van der Waals surface area contributed by atoms with E-state index < -0.39 is 6.10 Å². The minimum absolute atomic E-state index is 0.187. The van der Waals surface area contributed by atoms with Gasteiger partial charge in [0, 0.05) is 10.9 Å². The summed E-state index contributed by atoms with van der Waals surface area (Å²) >= 11 is 0. The molecule has 5 heteroatoms. The number of ether oxygens (including phenoxy) is 3. The van der Waals surface area contributed by atoms with Crippen LogP contribution in [0.3, 0.4) is 0 Å². The van der Waals surface area contributed by atoms with E-state index in [9.17, 15) is 5.11 Å². The normalized spacial score (nSPS) is 11.8. The summed E-state index contributed by atoms with van der Waals surface area (Å²) in [6.45, 7) is 3.70. The van der Waals surface area contributed by atoms with Crippen molar-refractivity contribution >= 4 is 10.9 Å². The molecule has 216 valence electrons. The van der Waals surface area contributed by atoms with Gasteiger partial charge < -0.3 is 23.9 Å². The number of nitrogens with zero attached hydrogens (tertiary/aromatic N) is 1. The maximum Gasteiger partial charge on any atom is 0.120 e. The van der Waals surface area contributed by atoms with Crippen LogP contribution < -0.4 is 14.2 Å². The van der Waals surface area contributed by atoms with Gasteiger partial charge in [0.2, 0.25) is 0 Å². The molecule has 0 amide bonds. The fraction of sp³-hybridized carbons (Fsp3) is 0.158. The van der Waals surface area contributed by atoms with Crippen LogP contribution in [0.25, 0.3) is 22.2 Å². The first kappa shape index (κ1) is 28.1.